The molecule has 6 nitrogen and oxygen atoms in total. The largest absolute Gasteiger partial charge is 0.493 e. The zero-order valence-electron chi connectivity index (χ0n) is 16.0. The Balaban J connectivity index is 1.84. The number of thiocarbonyl (C=S) groups is 1. The van der Waals surface area contributed by atoms with Gasteiger partial charge in [-0.05, 0) is 43.7 Å². The summed E-state index contributed by atoms with van der Waals surface area (Å²) >= 11 is 5.71. The summed E-state index contributed by atoms with van der Waals surface area (Å²) in [4.78, 5) is 16.2. The third kappa shape index (κ3) is 2.51. The molecule has 1 N–H and O–H groups in total. The summed E-state index contributed by atoms with van der Waals surface area (Å²) in [6.07, 6.45) is 4.49. The van der Waals surface area contributed by atoms with Gasteiger partial charge in [0.2, 0.25) is 0 Å². The lowest BCUT2D eigenvalue weighted by Gasteiger charge is -2.51. The van der Waals surface area contributed by atoms with Crippen molar-refractivity contribution in [3.8, 4) is 11.5 Å². The Bertz CT molecular complexity index is 783. The van der Waals surface area contributed by atoms with E-state index in [1.54, 1.807) is 14.2 Å². The predicted molar refractivity (Wildman–Crippen MR) is 107 cm³/mol. The van der Waals surface area contributed by atoms with Crippen LogP contribution in [0, 0.1) is 0 Å². The van der Waals surface area contributed by atoms with E-state index in [9.17, 15) is 4.79 Å². The predicted octanol–water partition coefficient (Wildman–Crippen LogP) is 3.10. The van der Waals surface area contributed by atoms with Gasteiger partial charge < -0.3 is 24.4 Å². The van der Waals surface area contributed by atoms with Crippen molar-refractivity contribution in [3.63, 3.8) is 0 Å². The second kappa shape index (κ2) is 6.86. The van der Waals surface area contributed by atoms with Crippen LogP contribution in [0.2, 0.25) is 0 Å². The number of benzene rings is 1. The van der Waals surface area contributed by atoms with Crippen LogP contribution in [0.15, 0.2) is 12.1 Å². The van der Waals surface area contributed by atoms with Gasteiger partial charge in [0.15, 0.2) is 17.0 Å². The lowest BCUT2D eigenvalue weighted by molar-refractivity contribution is -0.156. The minimum atomic E-state index is -0.775. The standard InChI is InChI=1S/C20H26N2O4S/c1-24-14-8-7-12-13-9-11-22-15(27)6-4-5-10-20(22,19(23)26-3)18(13)21-16(12)17(14)25-2/h7-8,13,18,21H,4-6,9-11H2,1-3H3. The summed E-state index contributed by atoms with van der Waals surface area (Å²) in [7, 11) is 4.75. The number of carbonyl (C=O) groups excluding carboxylic acids is 1. The van der Waals surface area contributed by atoms with E-state index < -0.39 is 5.54 Å². The van der Waals surface area contributed by atoms with Crippen molar-refractivity contribution in [1.82, 2.24) is 4.90 Å². The maximum absolute atomic E-state index is 13.2. The number of nitrogens with zero attached hydrogens (tertiary/aromatic N) is 1. The fourth-order valence-corrected chi connectivity index (χ4v) is 5.60. The third-order valence-corrected chi connectivity index (χ3v) is 6.80. The molecule has 27 heavy (non-hydrogen) atoms. The van der Waals surface area contributed by atoms with Crippen molar-refractivity contribution >= 4 is 28.9 Å². The summed E-state index contributed by atoms with van der Waals surface area (Å²) in [5, 5.41) is 3.63. The van der Waals surface area contributed by atoms with Gasteiger partial charge in [0, 0.05) is 12.5 Å². The summed E-state index contributed by atoms with van der Waals surface area (Å²) < 4.78 is 16.4. The highest BCUT2D eigenvalue weighted by Crippen LogP contribution is 2.54. The molecule has 0 aliphatic carbocycles. The third-order valence-electron chi connectivity index (χ3n) is 6.38. The average Bonchev–Trinajstić information content (AvgIpc) is 2.99. The van der Waals surface area contributed by atoms with Crippen LogP contribution < -0.4 is 14.8 Å². The fourth-order valence-electron chi connectivity index (χ4n) is 5.21. The Morgan fingerprint density at radius 3 is 2.78 bits per heavy atom. The zero-order valence-corrected chi connectivity index (χ0v) is 16.9. The number of hydrogen-bond acceptors (Lipinski definition) is 6. The minimum Gasteiger partial charge on any atom is -0.493 e. The molecule has 3 atom stereocenters. The molecule has 3 unspecified atom stereocenters. The molecule has 4 rings (SSSR count). The van der Waals surface area contributed by atoms with Crippen molar-refractivity contribution in [2.24, 2.45) is 0 Å². The molecular weight excluding hydrogens is 364 g/mol. The zero-order chi connectivity index (χ0) is 19.2. The van der Waals surface area contributed by atoms with Gasteiger partial charge in [-0.2, -0.15) is 0 Å². The van der Waals surface area contributed by atoms with Crippen LogP contribution in [-0.2, 0) is 9.53 Å². The second-order valence-corrected chi connectivity index (χ2v) is 7.92. The molecule has 0 spiro atoms. The number of anilines is 1. The molecule has 0 bridgehead atoms. The first-order valence-corrected chi connectivity index (χ1v) is 9.89. The number of fused-ring (bicyclic) bond motifs is 5. The molecule has 146 valence electrons. The topological polar surface area (TPSA) is 60.0 Å². The number of nitrogens with one attached hydrogen (secondary N) is 1. The highest BCUT2D eigenvalue weighted by molar-refractivity contribution is 7.80. The summed E-state index contributed by atoms with van der Waals surface area (Å²) in [5.41, 5.74) is 1.32. The first-order chi connectivity index (χ1) is 13.1. The number of rotatable bonds is 3. The van der Waals surface area contributed by atoms with Gasteiger partial charge in [0.05, 0.1) is 38.0 Å². The molecule has 0 aromatic heterocycles. The number of esters is 1. The van der Waals surface area contributed by atoms with Crippen molar-refractivity contribution in [1.29, 1.82) is 0 Å². The number of piperidine rings is 1. The molecule has 2 fully saturated rings. The quantitative estimate of drug-likeness (QED) is 0.629. The molecule has 3 aliphatic rings. The molecule has 0 amide bonds. The molecule has 1 aromatic rings. The van der Waals surface area contributed by atoms with Gasteiger partial charge in [0.1, 0.15) is 0 Å². The Hall–Kier alpha value is -2.02. The van der Waals surface area contributed by atoms with E-state index in [4.69, 9.17) is 26.4 Å². The minimum absolute atomic E-state index is 0.106. The average molecular weight is 391 g/mol. The van der Waals surface area contributed by atoms with Crippen LogP contribution in [-0.4, -0.2) is 55.3 Å². The normalized spacial score (nSPS) is 29.0. The molecule has 0 saturated carbocycles. The van der Waals surface area contributed by atoms with E-state index in [-0.39, 0.29) is 17.9 Å². The van der Waals surface area contributed by atoms with Crippen LogP contribution in [0.1, 0.15) is 43.6 Å². The van der Waals surface area contributed by atoms with Gasteiger partial charge in [-0.15, -0.1) is 0 Å². The van der Waals surface area contributed by atoms with E-state index in [2.05, 4.69) is 16.3 Å². The van der Waals surface area contributed by atoms with Crippen molar-refractivity contribution in [2.75, 3.05) is 33.2 Å². The van der Waals surface area contributed by atoms with Gasteiger partial charge >= 0.3 is 5.97 Å². The highest BCUT2D eigenvalue weighted by Gasteiger charge is 2.60. The first kappa shape index (κ1) is 18.3. The molecule has 1 aromatic carbocycles. The van der Waals surface area contributed by atoms with Crippen molar-refractivity contribution in [2.45, 2.75) is 49.6 Å². The summed E-state index contributed by atoms with van der Waals surface area (Å²) in [6, 6.07) is 3.92. The second-order valence-electron chi connectivity index (χ2n) is 7.45. The van der Waals surface area contributed by atoms with Crippen LogP contribution in [0.3, 0.4) is 0 Å². The van der Waals surface area contributed by atoms with Gasteiger partial charge in [0.25, 0.3) is 0 Å². The van der Waals surface area contributed by atoms with E-state index in [0.29, 0.717) is 11.5 Å². The Morgan fingerprint density at radius 2 is 2.07 bits per heavy atom. The van der Waals surface area contributed by atoms with E-state index in [1.165, 1.54) is 12.7 Å². The number of carbonyl (C=O) groups is 1. The molecule has 3 heterocycles. The number of hydrogen-bond donors (Lipinski definition) is 1. The van der Waals surface area contributed by atoms with Crippen molar-refractivity contribution in [3.05, 3.63) is 17.7 Å². The lowest BCUT2D eigenvalue weighted by Crippen LogP contribution is -2.68. The first-order valence-electron chi connectivity index (χ1n) is 9.48. The maximum atomic E-state index is 13.2. The smallest absolute Gasteiger partial charge is 0.333 e. The van der Waals surface area contributed by atoms with Crippen LogP contribution in [0.4, 0.5) is 5.69 Å². The lowest BCUT2D eigenvalue weighted by atomic mass is 9.72. The highest BCUT2D eigenvalue weighted by atomic mass is 32.1. The molecule has 7 heteroatoms. The van der Waals surface area contributed by atoms with Crippen molar-refractivity contribution < 1.29 is 19.0 Å². The SMILES string of the molecule is COC(=O)C12CCCCC(=S)N1CCC1c3ccc(OC)c(OC)c3NC12. The fraction of sp³-hybridized carbons (Fsp3) is 0.600. The Morgan fingerprint density at radius 1 is 1.26 bits per heavy atom. The summed E-state index contributed by atoms with van der Waals surface area (Å²) in [6.45, 7) is 0.768. The summed E-state index contributed by atoms with van der Waals surface area (Å²) in [5.74, 6) is 1.37. The number of methoxy groups -OCH3 is 3. The van der Waals surface area contributed by atoms with E-state index in [0.717, 1.165) is 49.3 Å². The maximum Gasteiger partial charge on any atom is 0.333 e. The van der Waals surface area contributed by atoms with Crippen LogP contribution >= 0.6 is 12.2 Å². The van der Waals surface area contributed by atoms with Gasteiger partial charge in [-0.1, -0.05) is 18.3 Å². The molecule has 0 radical (unpaired) electrons. The molecular formula is C20H26N2O4S. The van der Waals surface area contributed by atoms with E-state index >= 15 is 0 Å². The number of ether oxygens (including phenoxy) is 3. The van der Waals surface area contributed by atoms with Crippen LogP contribution in [0.5, 0.6) is 11.5 Å². The van der Waals surface area contributed by atoms with Gasteiger partial charge in [-0.3, -0.25) is 0 Å². The van der Waals surface area contributed by atoms with E-state index in [1.807, 2.05) is 6.07 Å². The molecule has 2 saturated heterocycles. The van der Waals surface area contributed by atoms with Crippen LogP contribution in [0.25, 0.3) is 0 Å². The Labute approximate surface area is 165 Å². The van der Waals surface area contributed by atoms with Gasteiger partial charge in [-0.25, -0.2) is 4.79 Å². The Kier molecular flexibility index (Phi) is 4.66. The monoisotopic (exact) mass is 390 g/mol. The molecule has 3 aliphatic heterocycles.